The lowest BCUT2D eigenvalue weighted by atomic mass is 10.1. The molecule has 0 fully saturated rings. The summed E-state index contributed by atoms with van der Waals surface area (Å²) in [4.78, 5) is 2.37. The van der Waals surface area contributed by atoms with E-state index in [1.54, 1.807) is 29.1 Å². The van der Waals surface area contributed by atoms with Crippen LogP contribution in [0.15, 0.2) is 29.3 Å². The Labute approximate surface area is 128 Å². The summed E-state index contributed by atoms with van der Waals surface area (Å²) in [7, 11) is 0.460. The van der Waals surface area contributed by atoms with E-state index in [9.17, 15) is 8.42 Å². The fourth-order valence-corrected chi connectivity index (χ4v) is 4.67. The minimum absolute atomic E-state index is 0.0739. The molecule has 1 aromatic carbocycles. The van der Waals surface area contributed by atoms with Crippen LogP contribution in [0.25, 0.3) is 0 Å². The molecule has 112 valence electrons. The van der Waals surface area contributed by atoms with Gasteiger partial charge in [0, 0.05) is 18.6 Å². The molecule has 1 atom stereocenters. The summed E-state index contributed by atoms with van der Waals surface area (Å²) in [5.41, 5.74) is 1.69. The topological polar surface area (TPSA) is 68.1 Å². The van der Waals surface area contributed by atoms with Crippen LogP contribution in [0.1, 0.15) is 17.3 Å². The smallest absolute Gasteiger partial charge is 0.180 e. The minimum Gasteiger partial charge on any atom is -0.292 e. The Morgan fingerprint density at radius 1 is 1.48 bits per heavy atom. The van der Waals surface area contributed by atoms with E-state index in [-0.39, 0.29) is 11.8 Å². The third-order valence-electron chi connectivity index (χ3n) is 3.79. The van der Waals surface area contributed by atoms with Crippen LogP contribution in [-0.2, 0) is 23.4 Å². The van der Waals surface area contributed by atoms with Gasteiger partial charge in [0.15, 0.2) is 9.84 Å². The number of fused-ring (bicyclic) bond motifs is 1. The highest BCUT2D eigenvalue weighted by molar-refractivity contribution is 7.91. The van der Waals surface area contributed by atoms with Crippen LogP contribution in [0.5, 0.6) is 0 Å². The van der Waals surface area contributed by atoms with Crippen LogP contribution in [0.2, 0.25) is 5.02 Å². The molecule has 0 saturated carbocycles. The summed E-state index contributed by atoms with van der Waals surface area (Å²) in [6.45, 7) is 0.565. The van der Waals surface area contributed by atoms with Gasteiger partial charge in [-0.15, -0.1) is 5.10 Å². The number of hydrogen-bond acceptors (Lipinski definition) is 5. The van der Waals surface area contributed by atoms with Crippen molar-refractivity contribution in [3.63, 3.8) is 0 Å². The molecule has 1 aromatic heterocycles. The molecular weight excluding hydrogens is 312 g/mol. The van der Waals surface area contributed by atoms with E-state index in [2.05, 4.69) is 10.3 Å². The highest BCUT2D eigenvalue weighted by Gasteiger charge is 2.37. The van der Waals surface area contributed by atoms with Crippen molar-refractivity contribution in [1.29, 1.82) is 0 Å². The lowest BCUT2D eigenvalue weighted by molar-refractivity contribution is 0.250. The number of aromatic nitrogens is 3. The standard InChI is InChI=1S/C13H15ClN4O2S/c1-17(7-10-6-15-16-18(10)2)12-8-21(19,20)13-4-3-9(14)5-11(12)13/h3-6,12H,7-8H2,1-2H3. The molecule has 0 aliphatic carbocycles. The van der Waals surface area contributed by atoms with Gasteiger partial charge < -0.3 is 0 Å². The Balaban J connectivity index is 1.94. The van der Waals surface area contributed by atoms with Gasteiger partial charge in [0.2, 0.25) is 0 Å². The molecule has 1 unspecified atom stereocenters. The predicted octanol–water partition coefficient (Wildman–Crippen LogP) is 1.43. The third kappa shape index (κ3) is 2.56. The largest absolute Gasteiger partial charge is 0.292 e. The van der Waals surface area contributed by atoms with Crippen molar-refractivity contribution in [1.82, 2.24) is 19.9 Å². The van der Waals surface area contributed by atoms with Gasteiger partial charge in [-0.05, 0) is 30.8 Å². The summed E-state index contributed by atoms with van der Waals surface area (Å²) in [6.07, 6.45) is 1.68. The molecule has 0 saturated heterocycles. The summed E-state index contributed by atoms with van der Waals surface area (Å²) in [5, 5.41) is 8.27. The maximum Gasteiger partial charge on any atom is 0.180 e. The molecule has 0 spiro atoms. The Morgan fingerprint density at radius 3 is 2.90 bits per heavy atom. The highest BCUT2D eigenvalue weighted by atomic mass is 35.5. The van der Waals surface area contributed by atoms with Crippen molar-refractivity contribution in [2.45, 2.75) is 17.5 Å². The number of sulfone groups is 1. The monoisotopic (exact) mass is 326 g/mol. The highest BCUT2D eigenvalue weighted by Crippen LogP contribution is 2.38. The van der Waals surface area contributed by atoms with E-state index in [1.165, 1.54) is 0 Å². The summed E-state index contributed by atoms with van der Waals surface area (Å²) in [6, 6.07) is 4.74. The van der Waals surface area contributed by atoms with Crippen LogP contribution in [0.4, 0.5) is 0 Å². The first-order chi connectivity index (χ1) is 9.88. The van der Waals surface area contributed by atoms with Crippen molar-refractivity contribution in [2.75, 3.05) is 12.8 Å². The summed E-state index contributed by atoms with van der Waals surface area (Å²) in [5.74, 6) is 0.0739. The Hall–Kier alpha value is -1.44. The zero-order valence-corrected chi connectivity index (χ0v) is 13.3. The molecule has 0 N–H and O–H groups in total. The maximum absolute atomic E-state index is 12.2. The van der Waals surface area contributed by atoms with E-state index < -0.39 is 9.84 Å². The Morgan fingerprint density at radius 2 is 2.24 bits per heavy atom. The average Bonchev–Trinajstić information content (AvgIpc) is 2.92. The first-order valence-electron chi connectivity index (χ1n) is 6.44. The van der Waals surface area contributed by atoms with Crippen LogP contribution in [0, 0.1) is 0 Å². The number of nitrogens with zero attached hydrogens (tertiary/aromatic N) is 4. The molecule has 0 amide bonds. The van der Waals surface area contributed by atoms with Gasteiger partial charge in [-0.3, -0.25) is 9.58 Å². The van der Waals surface area contributed by atoms with Gasteiger partial charge in [0.1, 0.15) is 0 Å². The molecule has 0 radical (unpaired) electrons. The fourth-order valence-electron chi connectivity index (χ4n) is 2.63. The molecule has 2 aromatic rings. The number of aryl methyl sites for hydroxylation is 1. The number of benzene rings is 1. The SMILES string of the molecule is CN(Cc1cnnn1C)C1CS(=O)(=O)c2ccc(Cl)cc21. The van der Waals surface area contributed by atoms with Gasteiger partial charge in [-0.25, -0.2) is 8.42 Å². The zero-order valence-electron chi connectivity index (χ0n) is 11.7. The molecule has 8 heteroatoms. The molecule has 2 heterocycles. The molecule has 1 aliphatic rings. The molecule has 21 heavy (non-hydrogen) atoms. The second-order valence-corrected chi connectivity index (χ2v) is 7.68. The van der Waals surface area contributed by atoms with E-state index in [0.29, 0.717) is 16.5 Å². The first kappa shape index (κ1) is 14.5. The molecular formula is C13H15ClN4O2S. The predicted molar refractivity (Wildman–Crippen MR) is 78.7 cm³/mol. The summed E-state index contributed by atoms with van der Waals surface area (Å²) >= 11 is 6.02. The Kier molecular flexibility index (Phi) is 3.51. The van der Waals surface area contributed by atoms with E-state index in [1.807, 2.05) is 19.0 Å². The van der Waals surface area contributed by atoms with Gasteiger partial charge in [-0.2, -0.15) is 0 Å². The van der Waals surface area contributed by atoms with Gasteiger partial charge >= 0.3 is 0 Å². The fraction of sp³-hybridized carbons (Fsp3) is 0.385. The molecule has 1 aliphatic heterocycles. The second-order valence-electron chi connectivity index (χ2n) is 5.24. The van der Waals surface area contributed by atoms with Gasteiger partial charge in [-0.1, -0.05) is 16.8 Å². The van der Waals surface area contributed by atoms with Crippen molar-refractivity contribution < 1.29 is 8.42 Å². The van der Waals surface area contributed by atoms with E-state index >= 15 is 0 Å². The summed E-state index contributed by atoms with van der Waals surface area (Å²) < 4.78 is 26.2. The van der Waals surface area contributed by atoms with Crippen molar-refractivity contribution >= 4 is 21.4 Å². The van der Waals surface area contributed by atoms with Crippen molar-refractivity contribution in [2.24, 2.45) is 7.05 Å². The van der Waals surface area contributed by atoms with Gasteiger partial charge in [0.05, 0.1) is 28.6 Å². The number of rotatable bonds is 3. The van der Waals surface area contributed by atoms with Crippen molar-refractivity contribution in [3.8, 4) is 0 Å². The second kappa shape index (κ2) is 5.08. The molecule has 6 nitrogen and oxygen atoms in total. The van der Waals surface area contributed by atoms with Crippen LogP contribution in [0.3, 0.4) is 0 Å². The lowest BCUT2D eigenvalue weighted by Gasteiger charge is -2.23. The van der Waals surface area contributed by atoms with E-state index in [0.717, 1.165) is 11.3 Å². The zero-order chi connectivity index (χ0) is 15.2. The lowest BCUT2D eigenvalue weighted by Crippen LogP contribution is -2.26. The number of halogens is 1. The van der Waals surface area contributed by atoms with Crippen LogP contribution < -0.4 is 0 Å². The normalized spacial score (nSPS) is 19.9. The molecule has 3 rings (SSSR count). The Bertz CT molecular complexity index is 787. The quantitative estimate of drug-likeness (QED) is 0.853. The van der Waals surface area contributed by atoms with Crippen molar-refractivity contribution in [3.05, 3.63) is 40.7 Å². The third-order valence-corrected chi connectivity index (χ3v) is 5.83. The average molecular weight is 327 g/mol. The maximum atomic E-state index is 12.2. The van der Waals surface area contributed by atoms with Gasteiger partial charge in [0.25, 0.3) is 0 Å². The minimum atomic E-state index is -3.24. The number of hydrogen-bond donors (Lipinski definition) is 0. The van der Waals surface area contributed by atoms with Crippen LogP contribution >= 0.6 is 11.6 Å². The van der Waals surface area contributed by atoms with Crippen LogP contribution in [-0.4, -0.2) is 41.1 Å². The van der Waals surface area contributed by atoms with E-state index in [4.69, 9.17) is 11.6 Å². The first-order valence-corrected chi connectivity index (χ1v) is 8.47. The molecule has 0 bridgehead atoms.